The first kappa shape index (κ1) is 15.5. The van der Waals surface area contributed by atoms with Crippen LogP contribution in [-0.2, 0) is 4.79 Å². The van der Waals surface area contributed by atoms with E-state index < -0.39 is 18.0 Å². The molecule has 0 bridgehead atoms. The van der Waals surface area contributed by atoms with Gasteiger partial charge in [-0.2, -0.15) is 0 Å². The van der Waals surface area contributed by atoms with Crippen LogP contribution in [0.1, 0.15) is 11.6 Å². The predicted octanol–water partition coefficient (Wildman–Crippen LogP) is 2.20. The van der Waals surface area contributed by atoms with E-state index in [1.807, 2.05) is 0 Å². The van der Waals surface area contributed by atoms with Crippen LogP contribution in [0.4, 0.5) is 4.79 Å². The molecule has 2 N–H and O–H groups in total. The van der Waals surface area contributed by atoms with Crippen molar-refractivity contribution in [3.05, 3.63) is 61.2 Å². The van der Waals surface area contributed by atoms with Crippen LogP contribution in [0.2, 0.25) is 0 Å². The van der Waals surface area contributed by atoms with Gasteiger partial charge in [-0.05, 0) is 5.56 Å². The minimum Gasteiger partial charge on any atom is -0.479 e. The van der Waals surface area contributed by atoms with Gasteiger partial charge in [-0.1, -0.05) is 42.5 Å². The third-order valence-corrected chi connectivity index (χ3v) is 2.63. The van der Waals surface area contributed by atoms with Gasteiger partial charge in [-0.3, -0.25) is 0 Å². The fraction of sp³-hybridized carbons (Fsp3) is 0.200. The second-order valence-electron chi connectivity index (χ2n) is 4.11. The number of carboxylic acid groups (broad SMARTS) is 1. The SMILES string of the molecule is C=CCN(CC=C)C(=O)N[C@H](C(=O)O)c1ccccc1. The molecule has 0 saturated carbocycles. The maximum atomic E-state index is 12.1. The molecule has 0 aromatic heterocycles. The molecule has 0 aliphatic carbocycles. The molecule has 20 heavy (non-hydrogen) atoms. The first-order valence-electron chi connectivity index (χ1n) is 6.15. The molecular weight excluding hydrogens is 256 g/mol. The first-order chi connectivity index (χ1) is 9.60. The Balaban J connectivity index is 2.85. The molecule has 0 saturated heterocycles. The Labute approximate surface area is 118 Å². The van der Waals surface area contributed by atoms with E-state index in [0.29, 0.717) is 18.7 Å². The highest BCUT2D eigenvalue weighted by Gasteiger charge is 2.23. The minimum atomic E-state index is -1.11. The molecule has 1 aromatic carbocycles. The molecule has 1 rings (SSSR count). The number of benzene rings is 1. The van der Waals surface area contributed by atoms with E-state index in [0.717, 1.165) is 0 Å². The van der Waals surface area contributed by atoms with Crippen LogP contribution in [0, 0.1) is 0 Å². The van der Waals surface area contributed by atoms with Gasteiger partial charge >= 0.3 is 12.0 Å². The molecule has 0 unspecified atom stereocenters. The Morgan fingerprint density at radius 2 is 1.75 bits per heavy atom. The van der Waals surface area contributed by atoms with Crippen molar-refractivity contribution >= 4 is 12.0 Å². The Kier molecular flexibility index (Phi) is 6.03. The summed E-state index contributed by atoms with van der Waals surface area (Å²) in [5.41, 5.74) is 0.519. The lowest BCUT2D eigenvalue weighted by molar-refractivity contribution is -0.139. The van der Waals surface area contributed by atoms with Gasteiger partial charge in [0.2, 0.25) is 0 Å². The molecule has 0 radical (unpaired) electrons. The van der Waals surface area contributed by atoms with E-state index in [1.54, 1.807) is 42.5 Å². The van der Waals surface area contributed by atoms with Crippen molar-refractivity contribution in [2.24, 2.45) is 0 Å². The number of carboxylic acids is 1. The summed E-state index contributed by atoms with van der Waals surface area (Å²) in [6.07, 6.45) is 3.14. The monoisotopic (exact) mass is 274 g/mol. The van der Waals surface area contributed by atoms with Crippen LogP contribution in [-0.4, -0.2) is 35.1 Å². The van der Waals surface area contributed by atoms with Gasteiger partial charge in [-0.15, -0.1) is 13.2 Å². The van der Waals surface area contributed by atoms with Gasteiger partial charge in [0.1, 0.15) is 0 Å². The average Bonchev–Trinajstić information content (AvgIpc) is 2.45. The summed E-state index contributed by atoms with van der Waals surface area (Å²) >= 11 is 0. The highest BCUT2D eigenvalue weighted by Crippen LogP contribution is 2.13. The van der Waals surface area contributed by atoms with Crippen molar-refractivity contribution in [2.45, 2.75) is 6.04 Å². The average molecular weight is 274 g/mol. The molecule has 0 fully saturated rings. The summed E-state index contributed by atoms with van der Waals surface area (Å²) < 4.78 is 0. The second-order valence-corrected chi connectivity index (χ2v) is 4.11. The maximum absolute atomic E-state index is 12.1. The van der Waals surface area contributed by atoms with Gasteiger partial charge in [0.25, 0.3) is 0 Å². The zero-order valence-corrected chi connectivity index (χ0v) is 11.2. The van der Waals surface area contributed by atoms with Crippen LogP contribution in [0.5, 0.6) is 0 Å². The molecule has 5 nitrogen and oxygen atoms in total. The van der Waals surface area contributed by atoms with Gasteiger partial charge in [-0.25, -0.2) is 9.59 Å². The van der Waals surface area contributed by atoms with Gasteiger partial charge in [0.05, 0.1) is 0 Å². The lowest BCUT2D eigenvalue weighted by atomic mass is 10.1. The summed E-state index contributed by atoms with van der Waals surface area (Å²) in [5, 5.41) is 11.7. The number of hydrogen-bond acceptors (Lipinski definition) is 2. The van der Waals surface area contributed by atoms with Crippen molar-refractivity contribution in [1.29, 1.82) is 0 Å². The van der Waals surface area contributed by atoms with Crippen molar-refractivity contribution in [3.63, 3.8) is 0 Å². The third kappa shape index (κ3) is 4.28. The summed E-state index contributed by atoms with van der Waals surface area (Å²) in [6.45, 7) is 7.77. The number of nitrogens with one attached hydrogen (secondary N) is 1. The highest BCUT2D eigenvalue weighted by molar-refractivity contribution is 5.83. The third-order valence-electron chi connectivity index (χ3n) is 2.63. The Morgan fingerprint density at radius 1 is 1.20 bits per heavy atom. The summed E-state index contributed by atoms with van der Waals surface area (Å²) in [6, 6.07) is 6.99. The molecule has 0 aliphatic heterocycles. The largest absolute Gasteiger partial charge is 0.479 e. The predicted molar refractivity (Wildman–Crippen MR) is 77.3 cm³/mol. The van der Waals surface area contributed by atoms with E-state index in [4.69, 9.17) is 0 Å². The van der Waals surface area contributed by atoms with Gasteiger partial charge in [0, 0.05) is 13.1 Å². The van der Waals surface area contributed by atoms with Gasteiger partial charge in [0.15, 0.2) is 6.04 Å². The summed E-state index contributed by atoms with van der Waals surface area (Å²) in [4.78, 5) is 24.8. The van der Waals surface area contributed by atoms with Crippen LogP contribution in [0.15, 0.2) is 55.6 Å². The van der Waals surface area contributed by atoms with E-state index in [1.165, 1.54) is 4.90 Å². The molecule has 0 aliphatic rings. The van der Waals surface area contributed by atoms with Crippen LogP contribution in [0.25, 0.3) is 0 Å². The molecule has 106 valence electrons. The summed E-state index contributed by atoms with van der Waals surface area (Å²) in [5.74, 6) is -1.11. The van der Waals surface area contributed by atoms with Crippen LogP contribution < -0.4 is 5.32 Å². The van der Waals surface area contributed by atoms with Gasteiger partial charge < -0.3 is 15.3 Å². The number of rotatable bonds is 7. The number of aliphatic carboxylic acids is 1. The molecule has 1 atom stereocenters. The Morgan fingerprint density at radius 3 is 2.20 bits per heavy atom. The smallest absolute Gasteiger partial charge is 0.330 e. The standard InChI is InChI=1S/C15H18N2O3/c1-3-10-17(11-4-2)15(20)16-13(14(18)19)12-8-6-5-7-9-12/h3-9,13H,1-2,10-11H2,(H,16,20)(H,18,19)/t13-/m0/s1. The number of carbonyl (C=O) groups excluding carboxylic acids is 1. The molecule has 2 amide bonds. The second kappa shape index (κ2) is 7.78. The Hall–Kier alpha value is -2.56. The maximum Gasteiger partial charge on any atom is 0.330 e. The van der Waals surface area contributed by atoms with Crippen molar-refractivity contribution in [1.82, 2.24) is 10.2 Å². The highest BCUT2D eigenvalue weighted by atomic mass is 16.4. The van der Waals surface area contributed by atoms with E-state index in [9.17, 15) is 14.7 Å². The van der Waals surface area contributed by atoms with Crippen molar-refractivity contribution in [2.75, 3.05) is 13.1 Å². The number of urea groups is 1. The molecule has 0 heterocycles. The number of carbonyl (C=O) groups is 2. The summed E-state index contributed by atoms with van der Waals surface area (Å²) in [7, 11) is 0. The van der Waals surface area contributed by atoms with Crippen molar-refractivity contribution < 1.29 is 14.7 Å². The van der Waals surface area contributed by atoms with Crippen LogP contribution in [0.3, 0.4) is 0 Å². The Bertz CT molecular complexity index is 475. The quantitative estimate of drug-likeness (QED) is 0.749. The van der Waals surface area contributed by atoms with Crippen molar-refractivity contribution in [3.8, 4) is 0 Å². The molecule has 1 aromatic rings. The lowest BCUT2D eigenvalue weighted by Gasteiger charge is -2.23. The van der Waals surface area contributed by atoms with E-state index >= 15 is 0 Å². The number of hydrogen-bond donors (Lipinski definition) is 2. The topological polar surface area (TPSA) is 69.6 Å². The van der Waals surface area contributed by atoms with E-state index in [2.05, 4.69) is 18.5 Å². The fourth-order valence-corrected chi connectivity index (χ4v) is 1.70. The molecule has 0 spiro atoms. The molecule has 5 heteroatoms. The number of amides is 2. The van der Waals surface area contributed by atoms with Crippen LogP contribution >= 0.6 is 0 Å². The van der Waals surface area contributed by atoms with E-state index in [-0.39, 0.29) is 0 Å². The first-order valence-corrected chi connectivity index (χ1v) is 6.15. The fourth-order valence-electron chi connectivity index (χ4n) is 1.70. The zero-order chi connectivity index (χ0) is 15.0. The number of nitrogens with zero attached hydrogens (tertiary/aromatic N) is 1. The zero-order valence-electron chi connectivity index (χ0n) is 11.2. The minimum absolute atomic E-state index is 0.318. The molecular formula is C15H18N2O3. The normalized spacial score (nSPS) is 11.2. The lowest BCUT2D eigenvalue weighted by Crippen LogP contribution is -2.43.